The van der Waals surface area contributed by atoms with Gasteiger partial charge in [-0.15, -0.1) is 0 Å². The summed E-state index contributed by atoms with van der Waals surface area (Å²) >= 11 is 0. The van der Waals surface area contributed by atoms with Gasteiger partial charge in [0.25, 0.3) is 5.91 Å². The summed E-state index contributed by atoms with van der Waals surface area (Å²) in [7, 11) is 0. The standard InChI is InChI=1S/C27H26FN7O2/c28-19-7-3-5-17(14-29)24(19)20-13-22(25-21(31-20)15-30-26(25)36)35-12-8-23(32-35)34-11-4-6-18(16-34)27(37)33-9-1-2-10-33/h3,5,7-8,12-13,18H,1-2,4,6,9-11,15-16H2,(H,30,36)/t18-/m1/s1. The van der Waals surface area contributed by atoms with Crippen molar-refractivity contribution in [2.45, 2.75) is 32.2 Å². The monoisotopic (exact) mass is 499 g/mol. The Balaban J connectivity index is 1.34. The summed E-state index contributed by atoms with van der Waals surface area (Å²) in [6.07, 6.45) is 5.68. The Morgan fingerprint density at radius 1 is 1.14 bits per heavy atom. The molecule has 0 bridgehead atoms. The van der Waals surface area contributed by atoms with Gasteiger partial charge >= 0.3 is 0 Å². The molecule has 3 aromatic rings. The van der Waals surface area contributed by atoms with E-state index in [9.17, 15) is 19.2 Å². The molecule has 2 fully saturated rings. The van der Waals surface area contributed by atoms with Gasteiger partial charge in [-0.2, -0.15) is 10.4 Å². The molecule has 6 rings (SSSR count). The maximum atomic E-state index is 14.8. The van der Waals surface area contributed by atoms with Crippen molar-refractivity contribution in [3.05, 3.63) is 59.2 Å². The first-order valence-electron chi connectivity index (χ1n) is 12.6. The zero-order valence-corrected chi connectivity index (χ0v) is 20.3. The normalized spacial score (nSPS) is 19.0. The molecule has 3 aliphatic heterocycles. The zero-order chi connectivity index (χ0) is 25.5. The summed E-state index contributed by atoms with van der Waals surface area (Å²) in [6, 6.07) is 9.81. The molecule has 0 radical (unpaired) electrons. The molecule has 2 amide bonds. The second-order valence-corrected chi connectivity index (χ2v) is 9.74. The van der Waals surface area contributed by atoms with E-state index in [2.05, 4.69) is 15.2 Å². The number of halogens is 1. The highest BCUT2D eigenvalue weighted by atomic mass is 19.1. The Hall–Kier alpha value is -4.26. The van der Waals surface area contributed by atoms with Crippen LogP contribution in [0.25, 0.3) is 16.9 Å². The van der Waals surface area contributed by atoms with Crippen molar-refractivity contribution < 1.29 is 14.0 Å². The van der Waals surface area contributed by atoms with Crippen LogP contribution >= 0.6 is 0 Å². The number of nitriles is 1. The minimum absolute atomic E-state index is 0.0509. The number of hydrogen-bond acceptors (Lipinski definition) is 6. The third-order valence-electron chi connectivity index (χ3n) is 7.44. The van der Waals surface area contributed by atoms with E-state index in [0.29, 0.717) is 29.3 Å². The van der Waals surface area contributed by atoms with Crippen molar-refractivity contribution in [2.75, 3.05) is 31.1 Å². The van der Waals surface area contributed by atoms with Gasteiger partial charge in [0.1, 0.15) is 5.82 Å². The van der Waals surface area contributed by atoms with Crippen molar-refractivity contribution in [2.24, 2.45) is 5.92 Å². The first-order chi connectivity index (χ1) is 18.0. The molecular formula is C27H26FN7O2. The lowest BCUT2D eigenvalue weighted by molar-refractivity contribution is -0.134. The van der Waals surface area contributed by atoms with E-state index in [0.717, 1.165) is 45.3 Å². The number of hydrogen-bond donors (Lipinski definition) is 1. The van der Waals surface area contributed by atoms with Gasteiger partial charge < -0.3 is 15.1 Å². The molecule has 9 nitrogen and oxygen atoms in total. The van der Waals surface area contributed by atoms with E-state index < -0.39 is 5.82 Å². The number of rotatable bonds is 4. The lowest BCUT2D eigenvalue weighted by Crippen LogP contribution is -2.44. The fourth-order valence-corrected chi connectivity index (χ4v) is 5.60. The molecule has 2 aromatic heterocycles. The molecular weight excluding hydrogens is 473 g/mol. The second-order valence-electron chi connectivity index (χ2n) is 9.74. The van der Waals surface area contributed by atoms with Crippen LogP contribution in [0, 0.1) is 23.1 Å². The van der Waals surface area contributed by atoms with E-state index in [1.54, 1.807) is 23.0 Å². The predicted octanol–water partition coefficient (Wildman–Crippen LogP) is 3.03. The Labute approximate surface area is 213 Å². The quantitative estimate of drug-likeness (QED) is 0.591. The van der Waals surface area contributed by atoms with Crippen LogP contribution in [0.4, 0.5) is 10.2 Å². The number of piperidine rings is 1. The molecule has 2 saturated heterocycles. The van der Waals surface area contributed by atoms with Crippen LogP contribution in [0.2, 0.25) is 0 Å². The van der Waals surface area contributed by atoms with Gasteiger partial charge in [0.15, 0.2) is 5.82 Å². The second kappa shape index (κ2) is 9.32. The number of amides is 2. The van der Waals surface area contributed by atoms with Gasteiger partial charge in [0, 0.05) is 38.4 Å². The minimum atomic E-state index is -0.557. The Morgan fingerprint density at radius 3 is 2.78 bits per heavy atom. The maximum absolute atomic E-state index is 14.8. The summed E-state index contributed by atoms with van der Waals surface area (Å²) in [6.45, 7) is 3.30. The number of fused-ring (bicyclic) bond motifs is 1. The van der Waals surface area contributed by atoms with Gasteiger partial charge in [-0.25, -0.2) is 14.1 Å². The topological polar surface area (TPSA) is 107 Å². The largest absolute Gasteiger partial charge is 0.354 e. The molecule has 0 spiro atoms. The summed E-state index contributed by atoms with van der Waals surface area (Å²) in [5, 5.41) is 17.1. The van der Waals surface area contributed by atoms with Crippen molar-refractivity contribution >= 4 is 17.6 Å². The molecule has 0 aliphatic carbocycles. The molecule has 1 N–H and O–H groups in total. The van der Waals surface area contributed by atoms with Crippen molar-refractivity contribution in [1.82, 2.24) is 25.0 Å². The van der Waals surface area contributed by atoms with E-state index >= 15 is 0 Å². The minimum Gasteiger partial charge on any atom is -0.354 e. The molecule has 188 valence electrons. The summed E-state index contributed by atoms with van der Waals surface area (Å²) in [5.74, 6) is 0.0634. The van der Waals surface area contributed by atoms with Crippen LogP contribution in [-0.4, -0.2) is 57.7 Å². The zero-order valence-electron chi connectivity index (χ0n) is 20.3. The number of likely N-dealkylation sites (tertiary alicyclic amines) is 1. The predicted molar refractivity (Wildman–Crippen MR) is 133 cm³/mol. The summed E-state index contributed by atoms with van der Waals surface area (Å²) < 4.78 is 16.4. The fourth-order valence-electron chi connectivity index (χ4n) is 5.60. The number of anilines is 1. The number of nitrogens with zero attached hydrogens (tertiary/aromatic N) is 6. The van der Waals surface area contributed by atoms with Crippen molar-refractivity contribution in [3.63, 3.8) is 0 Å². The van der Waals surface area contributed by atoms with Crippen LogP contribution in [0.1, 0.15) is 47.3 Å². The number of carbonyl (C=O) groups excluding carboxylic acids is 2. The van der Waals surface area contributed by atoms with Crippen LogP contribution in [0.3, 0.4) is 0 Å². The molecule has 10 heteroatoms. The highest BCUT2D eigenvalue weighted by molar-refractivity contribution is 6.01. The highest BCUT2D eigenvalue weighted by Crippen LogP contribution is 2.32. The van der Waals surface area contributed by atoms with E-state index in [1.807, 2.05) is 17.0 Å². The van der Waals surface area contributed by atoms with E-state index in [1.165, 1.54) is 12.1 Å². The van der Waals surface area contributed by atoms with E-state index in [-0.39, 0.29) is 41.1 Å². The molecule has 3 aliphatic rings. The lowest BCUT2D eigenvalue weighted by atomic mass is 9.96. The van der Waals surface area contributed by atoms with Crippen LogP contribution in [0.5, 0.6) is 0 Å². The number of pyridine rings is 1. The SMILES string of the molecule is N#Cc1cccc(F)c1-c1cc(-n2ccc(N3CCC[C@@H](C(=O)N4CCCC4)C3)n2)c2c(n1)CNC2=O. The van der Waals surface area contributed by atoms with Crippen molar-refractivity contribution in [1.29, 1.82) is 5.26 Å². The average Bonchev–Trinajstić information content (AvgIpc) is 3.69. The van der Waals surface area contributed by atoms with Crippen LogP contribution in [0.15, 0.2) is 36.5 Å². The fraction of sp³-hybridized carbons (Fsp3) is 0.370. The van der Waals surface area contributed by atoms with E-state index in [4.69, 9.17) is 5.10 Å². The lowest BCUT2D eigenvalue weighted by Gasteiger charge is -2.34. The number of aromatic nitrogens is 3. The Kier molecular flexibility index (Phi) is 5.83. The molecule has 1 atom stereocenters. The Bertz CT molecular complexity index is 1440. The smallest absolute Gasteiger partial charge is 0.255 e. The molecule has 1 aromatic carbocycles. The van der Waals surface area contributed by atoms with Gasteiger partial charge in [-0.1, -0.05) is 6.07 Å². The summed E-state index contributed by atoms with van der Waals surface area (Å²) in [5.41, 5.74) is 1.87. The highest BCUT2D eigenvalue weighted by Gasteiger charge is 2.32. The first kappa shape index (κ1) is 23.2. The first-order valence-corrected chi connectivity index (χ1v) is 12.6. The summed E-state index contributed by atoms with van der Waals surface area (Å²) in [4.78, 5) is 34.3. The molecule has 37 heavy (non-hydrogen) atoms. The maximum Gasteiger partial charge on any atom is 0.255 e. The van der Waals surface area contributed by atoms with Crippen LogP contribution < -0.4 is 10.2 Å². The van der Waals surface area contributed by atoms with Gasteiger partial charge in [0.2, 0.25) is 5.91 Å². The van der Waals surface area contributed by atoms with Gasteiger partial charge in [-0.05, 0) is 43.9 Å². The van der Waals surface area contributed by atoms with Crippen LogP contribution in [-0.2, 0) is 11.3 Å². The molecule has 0 unspecified atom stereocenters. The Morgan fingerprint density at radius 2 is 1.97 bits per heavy atom. The molecule has 0 saturated carbocycles. The third-order valence-corrected chi connectivity index (χ3v) is 7.44. The molecule has 5 heterocycles. The average molecular weight is 500 g/mol. The van der Waals surface area contributed by atoms with Gasteiger partial charge in [-0.3, -0.25) is 9.59 Å². The third kappa shape index (κ3) is 4.10. The number of nitrogens with one attached hydrogen (secondary N) is 1. The van der Waals surface area contributed by atoms with Gasteiger partial charge in [0.05, 0.1) is 52.3 Å². The number of benzene rings is 1. The number of carbonyl (C=O) groups is 2. The van der Waals surface area contributed by atoms with Crippen molar-refractivity contribution in [3.8, 4) is 23.0 Å².